The first kappa shape index (κ1) is 14.1. The highest BCUT2D eigenvalue weighted by Crippen LogP contribution is 2.38. The fourth-order valence-electron chi connectivity index (χ4n) is 2.76. The van der Waals surface area contributed by atoms with Gasteiger partial charge >= 0.3 is 0 Å². The van der Waals surface area contributed by atoms with Crippen LogP contribution in [-0.4, -0.2) is 29.5 Å². The Morgan fingerprint density at radius 3 is 2.38 bits per heavy atom. The molecule has 0 fully saturated rings. The topological polar surface area (TPSA) is 43.2 Å². The Morgan fingerprint density at radius 1 is 1.05 bits per heavy atom. The maximum atomic E-state index is 6.04. The minimum atomic E-state index is -0.342. The van der Waals surface area contributed by atoms with Gasteiger partial charge in [-0.15, -0.1) is 0 Å². The smallest absolute Gasteiger partial charge is 0.194 e. The fourth-order valence-corrected chi connectivity index (χ4v) is 2.76. The van der Waals surface area contributed by atoms with Crippen molar-refractivity contribution in [3.8, 4) is 0 Å². The van der Waals surface area contributed by atoms with Gasteiger partial charge in [0.15, 0.2) is 11.8 Å². The number of rotatable bonds is 3. The van der Waals surface area contributed by atoms with Crippen LogP contribution in [0.15, 0.2) is 40.3 Å². The number of aliphatic imine (C=N–C) groups is 2. The van der Waals surface area contributed by atoms with Gasteiger partial charge in [0.1, 0.15) is 17.2 Å². The van der Waals surface area contributed by atoms with Gasteiger partial charge in [-0.3, -0.25) is 4.99 Å². The van der Waals surface area contributed by atoms with E-state index in [-0.39, 0.29) is 17.2 Å². The highest BCUT2D eigenvalue weighted by molar-refractivity contribution is 5.98. The lowest BCUT2D eigenvalue weighted by atomic mass is 9.93. The molecule has 0 N–H and O–H groups in total. The molecule has 21 heavy (non-hydrogen) atoms. The van der Waals surface area contributed by atoms with Gasteiger partial charge in [-0.05, 0) is 33.3 Å². The molecular weight excluding hydrogens is 264 g/mol. The molecule has 0 saturated carbocycles. The molecule has 4 nitrogen and oxygen atoms in total. The highest BCUT2D eigenvalue weighted by atomic mass is 16.5. The summed E-state index contributed by atoms with van der Waals surface area (Å²) < 4.78 is 11.8. The SMILES string of the molecule is CC1(C)CN=C(CC2=N[C@H](c3ccccc3)C(C)(C)O2)O1. The lowest BCUT2D eigenvalue weighted by Gasteiger charge is -2.25. The van der Waals surface area contributed by atoms with E-state index in [9.17, 15) is 0 Å². The van der Waals surface area contributed by atoms with Crippen molar-refractivity contribution < 1.29 is 9.47 Å². The first-order valence-electron chi connectivity index (χ1n) is 7.39. The molecule has 4 heteroatoms. The van der Waals surface area contributed by atoms with Gasteiger partial charge in [-0.25, -0.2) is 4.99 Å². The minimum absolute atomic E-state index is 0.0173. The van der Waals surface area contributed by atoms with Gasteiger partial charge in [0.2, 0.25) is 0 Å². The van der Waals surface area contributed by atoms with Crippen molar-refractivity contribution in [1.82, 2.24) is 0 Å². The summed E-state index contributed by atoms with van der Waals surface area (Å²) >= 11 is 0. The Labute approximate surface area is 125 Å². The van der Waals surface area contributed by atoms with Crippen LogP contribution >= 0.6 is 0 Å². The van der Waals surface area contributed by atoms with E-state index in [2.05, 4.69) is 31.0 Å². The first-order valence-corrected chi connectivity index (χ1v) is 7.39. The maximum Gasteiger partial charge on any atom is 0.194 e. The number of hydrogen-bond acceptors (Lipinski definition) is 4. The third-order valence-electron chi connectivity index (χ3n) is 3.76. The molecule has 1 aromatic rings. The van der Waals surface area contributed by atoms with E-state index in [1.807, 2.05) is 32.0 Å². The fraction of sp³-hybridized carbons (Fsp3) is 0.529. The van der Waals surface area contributed by atoms with E-state index >= 15 is 0 Å². The average molecular weight is 286 g/mol. The van der Waals surface area contributed by atoms with Crippen molar-refractivity contribution in [2.24, 2.45) is 9.98 Å². The van der Waals surface area contributed by atoms with Gasteiger partial charge in [-0.2, -0.15) is 0 Å². The summed E-state index contributed by atoms with van der Waals surface area (Å²) in [6, 6.07) is 10.3. The molecule has 0 amide bonds. The lowest BCUT2D eigenvalue weighted by Crippen LogP contribution is -2.28. The average Bonchev–Trinajstić information content (AvgIpc) is 2.90. The Kier molecular flexibility index (Phi) is 3.27. The largest absolute Gasteiger partial charge is 0.473 e. The quantitative estimate of drug-likeness (QED) is 0.853. The predicted octanol–water partition coefficient (Wildman–Crippen LogP) is 3.53. The summed E-state index contributed by atoms with van der Waals surface area (Å²) in [4.78, 5) is 9.19. The summed E-state index contributed by atoms with van der Waals surface area (Å²) in [7, 11) is 0. The molecule has 2 aliphatic heterocycles. The molecule has 0 spiro atoms. The summed E-state index contributed by atoms with van der Waals surface area (Å²) in [5, 5.41) is 0. The third kappa shape index (κ3) is 2.94. The number of ether oxygens (including phenoxy) is 2. The zero-order valence-corrected chi connectivity index (χ0v) is 13.1. The second-order valence-electron chi connectivity index (χ2n) is 6.79. The Morgan fingerprint density at radius 2 is 1.76 bits per heavy atom. The second kappa shape index (κ2) is 4.86. The molecule has 0 saturated heterocycles. The van der Waals surface area contributed by atoms with Crippen LogP contribution in [0.2, 0.25) is 0 Å². The van der Waals surface area contributed by atoms with Crippen molar-refractivity contribution in [3.63, 3.8) is 0 Å². The van der Waals surface area contributed by atoms with Crippen molar-refractivity contribution in [2.45, 2.75) is 51.4 Å². The zero-order chi connectivity index (χ0) is 15.1. The summed E-state index contributed by atoms with van der Waals surface area (Å²) in [5.74, 6) is 1.44. The molecular formula is C17H22N2O2. The van der Waals surface area contributed by atoms with E-state index in [1.54, 1.807) is 0 Å². The van der Waals surface area contributed by atoms with Crippen molar-refractivity contribution in [1.29, 1.82) is 0 Å². The van der Waals surface area contributed by atoms with E-state index < -0.39 is 0 Å². The highest BCUT2D eigenvalue weighted by Gasteiger charge is 2.40. The second-order valence-corrected chi connectivity index (χ2v) is 6.79. The molecule has 3 rings (SSSR count). The third-order valence-corrected chi connectivity index (χ3v) is 3.76. The molecule has 0 aromatic heterocycles. The first-order chi connectivity index (χ1) is 9.86. The van der Waals surface area contributed by atoms with Gasteiger partial charge < -0.3 is 9.47 Å². The molecule has 1 atom stereocenters. The molecule has 2 aliphatic rings. The van der Waals surface area contributed by atoms with Gasteiger partial charge in [0.05, 0.1) is 13.0 Å². The van der Waals surface area contributed by atoms with Crippen LogP contribution in [0.5, 0.6) is 0 Å². The maximum absolute atomic E-state index is 6.04. The minimum Gasteiger partial charge on any atom is -0.473 e. The number of nitrogens with zero attached hydrogens (tertiary/aromatic N) is 2. The van der Waals surface area contributed by atoms with Crippen LogP contribution in [-0.2, 0) is 9.47 Å². The Balaban J connectivity index is 1.76. The number of benzene rings is 1. The molecule has 1 aromatic carbocycles. The zero-order valence-electron chi connectivity index (χ0n) is 13.1. The van der Waals surface area contributed by atoms with Crippen molar-refractivity contribution >= 4 is 11.8 Å². The Hall–Kier alpha value is -1.84. The van der Waals surface area contributed by atoms with Crippen LogP contribution in [0.4, 0.5) is 0 Å². The standard InChI is InChI=1S/C17H22N2O2/c1-16(2)11-18-13(20-16)10-14-19-15(17(3,4)21-14)12-8-6-5-7-9-12/h5-9,15H,10-11H2,1-4H3/t15-/m1/s1. The van der Waals surface area contributed by atoms with Crippen LogP contribution in [0.1, 0.15) is 45.7 Å². The molecule has 0 bridgehead atoms. The predicted molar refractivity (Wildman–Crippen MR) is 83.9 cm³/mol. The van der Waals surface area contributed by atoms with Gasteiger partial charge in [0.25, 0.3) is 0 Å². The molecule has 0 unspecified atom stereocenters. The molecule has 2 heterocycles. The van der Waals surface area contributed by atoms with Crippen molar-refractivity contribution in [3.05, 3.63) is 35.9 Å². The summed E-state index contributed by atoms with van der Waals surface area (Å²) in [5.41, 5.74) is 0.626. The van der Waals surface area contributed by atoms with Gasteiger partial charge in [0, 0.05) is 0 Å². The normalized spacial score (nSPS) is 25.8. The van der Waals surface area contributed by atoms with E-state index in [0.29, 0.717) is 18.9 Å². The van der Waals surface area contributed by atoms with Crippen LogP contribution in [0.25, 0.3) is 0 Å². The monoisotopic (exact) mass is 286 g/mol. The number of hydrogen-bond donors (Lipinski definition) is 0. The van der Waals surface area contributed by atoms with Crippen molar-refractivity contribution in [2.75, 3.05) is 6.54 Å². The molecule has 0 radical (unpaired) electrons. The lowest BCUT2D eigenvalue weighted by molar-refractivity contribution is 0.0929. The Bertz CT molecular complexity index is 588. The molecule has 112 valence electrons. The molecule has 0 aliphatic carbocycles. The van der Waals surface area contributed by atoms with Gasteiger partial charge in [-0.1, -0.05) is 30.3 Å². The van der Waals surface area contributed by atoms with E-state index in [4.69, 9.17) is 14.5 Å². The van der Waals surface area contributed by atoms with Crippen LogP contribution < -0.4 is 0 Å². The van der Waals surface area contributed by atoms with E-state index in [1.165, 1.54) is 5.56 Å². The summed E-state index contributed by atoms with van der Waals surface area (Å²) in [6.07, 6.45) is 0.538. The summed E-state index contributed by atoms with van der Waals surface area (Å²) in [6.45, 7) is 8.92. The van der Waals surface area contributed by atoms with Crippen LogP contribution in [0.3, 0.4) is 0 Å². The van der Waals surface area contributed by atoms with E-state index in [0.717, 1.165) is 5.90 Å². The van der Waals surface area contributed by atoms with Crippen LogP contribution in [0, 0.1) is 0 Å².